The lowest BCUT2D eigenvalue weighted by Crippen LogP contribution is -2.25. The van der Waals surface area contributed by atoms with Gasteiger partial charge in [0.05, 0.1) is 24.0 Å². The number of nitrogens with zero attached hydrogens (tertiary/aromatic N) is 1. The Morgan fingerprint density at radius 2 is 2.32 bits per heavy atom. The Morgan fingerprint density at radius 1 is 1.53 bits per heavy atom. The summed E-state index contributed by atoms with van der Waals surface area (Å²) in [4.78, 5) is 0. The zero-order valence-corrected chi connectivity index (χ0v) is 11.4. The first-order chi connectivity index (χ1) is 9.19. The topological polar surface area (TPSA) is 65.3 Å². The van der Waals surface area contributed by atoms with Gasteiger partial charge in [0, 0.05) is 18.2 Å². The number of halogens is 1. The third-order valence-corrected chi connectivity index (χ3v) is 3.23. The summed E-state index contributed by atoms with van der Waals surface area (Å²) in [6.07, 6.45) is 1.90. The molecule has 0 radical (unpaired) electrons. The summed E-state index contributed by atoms with van der Waals surface area (Å²) in [7, 11) is 0. The van der Waals surface area contributed by atoms with E-state index >= 15 is 0 Å². The Kier molecular flexibility index (Phi) is 5.03. The van der Waals surface area contributed by atoms with Crippen LogP contribution in [0.1, 0.15) is 18.4 Å². The van der Waals surface area contributed by atoms with E-state index in [1.54, 1.807) is 18.2 Å². The van der Waals surface area contributed by atoms with Crippen LogP contribution in [-0.4, -0.2) is 31.0 Å². The SMILES string of the molecule is N#Cc1cc(Cl)ccc1NC[C@H](O)COCC1CC1. The quantitative estimate of drug-likeness (QED) is 0.805. The second-order valence-corrected chi connectivity index (χ2v) is 5.25. The van der Waals surface area contributed by atoms with Crippen molar-refractivity contribution in [2.45, 2.75) is 18.9 Å². The molecule has 0 aliphatic heterocycles. The predicted octanol–water partition coefficient (Wildman–Crippen LogP) is 2.41. The molecule has 4 nitrogen and oxygen atoms in total. The van der Waals surface area contributed by atoms with Crippen molar-refractivity contribution in [3.05, 3.63) is 28.8 Å². The lowest BCUT2D eigenvalue weighted by Gasteiger charge is -2.14. The van der Waals surface area contributed by atoms with Crippen LogP contribution in [0.25, 0.3) is 0 Å². The molecular formula is C14H17ClN2O2. The van der Waals surface area contributed by atoms with Crippen molar-refractivity contribution in [3.8, 4) is 6.07 Å². The van der Waals surface area contributed by atoms with Crippen LogP contribution in [0.4, 0.5) is 5.69 Å². The number of anilines is 1. The number of nitrogens with one attached hydrogen (secondary N) is 1. The van der Waals surface area contributed by atoms with Crippen LogP contribution in [0.5, 0.6) is 0 Å². The molecule has 102 valence electrons. The molecule has 19 heavy (non-hydrogen) atoms. The zero-order chi connectivity index (χ0) is 13.7. The predicted molar refractivity (Wildman–Crippen MR) is 74.2 cm³/mol. The molecule has 2 N–H and O–H groups in total. The fourth-order valence-corrected chi connectivity index (χ4v) is 1.88. The summed E-state index contributed by atoms with van der Waals surface area (Å²) >= 11 is 5.81. The highest BCUT2D eigenvalue weighted by molar-refractivity contribution is 6.30. The summed E-state index contributed by atoms with van der Waals surface area (Å²) in [5, 5.41) is 22.3. The van der Waals surface area contributed by atoms with E-state index in [2.05, 4.69) is 11.4 Å². The Balaban J connectivity index is 1.75. The van der Waals surface area contributed by atoms with Crippen molar-refractivity contribution in [3.63, 3.8) is 0 Å². The van der Waals surface area contributed by atoms with Gasteiger partial charge in [0.25, 0.3) is 0 Å². The van der Waals surface area contributed by atoms with Crippen LogP contribution >= 0.6 is 11.6 Å². The lowest BCUT2D eigenvalue weighted by atomic mass is 10.2. The molecule has 1 fully saturated rings. The van der Waals surface area contributed by atoms with E-state index in [1.165, 1.54) is 12.8 Å². The van der Waals surface area contributed by atoms with Crippen molar-refractivity contribution >= 4 is 17.3 Å². The van der Waals surface area contributed by atoms with Gasteiger partial charge in [0.15, 0.2) is 0 Å². The van der Waals surface area contributed by atoms with E-state index < -0.39 is 6.10 Å². The lowest BCUT2D eigenvalue weighted by molar-refractivity contribution is 0.0386. The number of hydrogen-bond donors (Lipinski definition) is 2. The molecule has 0 aromatic heterocycles. The minimum atomic E-state index is -0.582. The van der Waals surface area contributed by atoms with Crippen LogP contribution in [0, 0.1) is 17.2 Å². The van der Waals surface area contributed by atoms with Gasteiger partial charge in [-0.3, -0.25) is 0 Å². The molecule has 1 saturated carbocycles. The van der Waals surface area contributed by atoms with Crippen LogP contribution in [0.15, 0.2) is 18.2 Å². The highest BCUT2D eigenvalue weighted by Gasteiger charge is 2.21. The number of nitriles is 1. The zero-order valence-electron chi connectivity index (χ0n) is 10.6. The standard InChI is InChI=1S/C14H17ClN2O2/c15-12-3-4-14(11(5-12)6-16)17-7-13(18)9-19-8-10-1-2-10/h3-5,10,13,17-18H,1-2,7-9H2/t13-/m0/s1. The number of aliphatic hydroxyl groups excluding tert-OH is 1. The Bertz CT molecular complexity index is 469. The molecular weight excluding hydrogens is 264 g/mol. The average Bonchev–Trinajstić information content (AvgIpc) is 3.21. The van der Waals surface area contributed by atoms with Gasteiger partial charge in [-0.15, -0.1) is 0 Å². The largest absolute Gasteiger partial charge is 0.389 e. The molecule has 0 heterocycles. The fourth-order valence-electron chi connectivity index (χ4n) is 1.71. The fraction of sp³-hybridized carbons (Fsp3) is 0.500. The van der Waals surface area contributed by atoms with Gasteiger partial charge < -0.3 is 15.2 Å². The minimum Gasteiger partial charge on any atom is -0.389 e. The summed E-state index contributed by atoms with van der Waals surface area (Å²) < 4.78 is 5.41. The molecule has 1 aromatic carbocycles. The van der Waals surface area contributed by atoms with E-state index in [-0.39, 0.29) is 0 Å². The maximum Gasteiger partial charge on any atom is 0.101 e. The second-order valence-electron chi connectivity index (χ2n) is 4.82. The Labute approximate surface area is 117 Å². The molecule has 1 aliphatic carbocycles. The van der Waals surface area contributed by atoms with Crippen molar-refractivity contribution in [1.29, 1.82) is 5.26 Å². The van der Waals surface area contributed by atoms with Crippen molar-refractivity contribution in [2.24, 2.45) is 5.92 Å². The van der Waals surface area contributed by atoms with E-state index in [0.29, 0.717) is 35.3 Å². The number of hydrogen-bond acceptors (Lipinski definition) is 4. The first kappa shape index (κ1) is 14.1. The molecule has 1 aliphatic rings. The summed E-state index contributed by atoms with van der Waals surface area (Å²) in [5.74, 6) is 0.696. The van der Waals surface area contributed by atoms with Crippen LogP contribution in [-0.2, 0) is 4.74 Å². The van der Waals surface area contributed by atoms with Crippen molar-refractivity contribution in [2.75, 3.05) is 25.1 Å². The Hall–Kier alpha value is -1.28. The van der Waals surface area contributed by atoms with Gasteiger partial charge in [-0.05, 0) is 37.0 Å². The van der Waals surface area contributed by atoms with Crippen molar-refractivity contribution < 1.29 is 9.84 Å². The van der Waals surface area contributed by atoms with Crippen molar-refractivity contribution in [1.82, 2.24) is 0 Å². The van der Waals surface area contributed by atoms with Crippen LogP contribution < -0.4 is 5.32 Å². The summed E-state index contributed by atoms with van der Waals surface area (Å²) in [6, 6.07) is 7.11. The highest BCUT2D eigenvalue weighted by atomic mass is 35.5. The Morgan fingerprint density at radius 3 is 3.00 bits per heavy atom. The smallest absolute Gasteiger partial charge is 0.101 e. The first-order valence-electron chi connectivity index (χ1n) is 6.38. The molecule has 0 spiro atoms. The number of ether oxygens (including phenoxy) is 1. The summed E-state index contributed by atoms with van der Waals surface area (Å²) in [6.45, 7) is 1.40. The van der Waals surface area contributed by atoms with E-state index in [0.717, 1.165) is 6.61 Å². The third-order valence-electron chi connectivity index (χ3n) is 2.99. The molecule has 1 aromatic rings. The van der Waals surface area contributed by atoms with Crippen LogP contribution in [0.2, 0.25) is 5.02 Å². The van der Waals surface area contributed by atoms with Gasteiger partial charge >= 0.3 is 0 Å². The summed E-state index contributed by atoms with van der Waals surface area (Å²) in [5.41, 5.74) is 1.15. The first-order valence-corrected chi connectivity index (χ1v) is 6.76. The maximum absolute atomic E-state index is 9.77. The van der Waals surface area contributed by atoms with Gasteiger partial charge in [-0.1, -0.05) is 11.6 Å². The molecule has 0 bridgehead atoms. The monoisotopic (exact) mass is 280 g/mol. The minimum absolute atomic E-state index is 0.318. The van der Waals surface area contributed by atoms with E-state index in [4.69, 9.17) is 21.6 Å². The van der Waals surface area contributed by atoms with E-state index in [9.17, 15) is 5.11 Å². The highest BCUT2D eigenvalue weighted by Crippen LogP contribution is 2.28. The molecule has 5 heteroatoms. The molecule has 0 saturated heterocycles. The molecule has 0 unspecified atom stereocenters. The molecule has 2 rings (SSSR count). The average molecular weight is 281 g/mol. The molecule has 1 atom stereocenters. The number of aliphatic hydroxyl groups is 1. The second kappa shape index (κ2) is 6.76. The van der Waals surface area contributed by atoms with Gasteiger partial charge in [0.1, 0.15) is 6.07 Å². The van der Waals surface area contributed by atoms with Gasteiger partial charge in [0.2, 0.25) is 0 Å². The van der Waals surface area contributed by atoms with Gasteiger partial charge in [-0.2, -0.15) is 5.26 Å². The number of rotatable bonds is 7. The maximum atomic E-state index is 9.77. The molecule has 0 amide bonds. The van der Waals surface area contributed by atoms with E-state index in [1.807, 2.05) is 0 Å². The number of benzene rings is 1. The van der Waals surface area contributed by atoms with Crippen LogP contribution in [0.3, 0.4) is 0 Å². The normalized spacial score (nSPS) is 15.8. The third kappa shape index (κ3) is 4.71. The van der Waals surface area contributed by atoms with Gasteiger partial charge in [-0.25, -0.2) is 0 Å².